The minimum absolute atomic E-state index is 0.159. The van der Waals surface area contributed by atoms with Gasteiger partial charge in [-0.2, -0.15) is 0 Å². The first kappa shape index (κ1) is 23.2. The Balaban J connectivity index is 2.25. The molecular weight excluding hydrogens is 410 g/mol. The Kier molecular flexibility index (Phi) is 8.23. The van der Waals surface area contributed by atoms with Crippen molar-refractivity contribution in [3.05, 3.63) is 35.9 Å². The Labute approximate surface area is 179 Å². The molecule has 0 aromatic heterocycles. The third-order valence-electron chi connectivity index (χ3n) is 4.22. The molecule has 30 heavy (non-hydrogen) atoms. The summed E-state index contributed by atoms with van der Waals surface area (Å²) >= 11 is 1.34. The van der Waals surface area contributed by atoms with Gasteiger partial charge in [-0.3, -0.25) is 4.79 Å². The minimum atomic E-state index is -0.605. The Hall–Kier alpha value is -3.07. The van der Waals surface area contributed by atoms with E-state index in [9.17, 15) is 9.59 Å². The van der Waals surface area contributed by atoms with E-state index in [1.54, 1.807) is 33.3 Å². The number of hydrogen-bond donors (Lipinski definition) is 1. The van der Waals surface area contributed by atoms with Crippen molar-refractivity contribution in [2.75, 3.05) is 40.9 Å². The molecule has 0 aliphatic heterocycles. The van der Waals surface area contributed by atoms with Crippen molar-refractivity contribution in [1.82, 2.24) is 0 Å². The van der Waals surface area contributed by atoms with Crippen LogP contribution in [0.1, 0.15) is 17.3 Å². The van der Waals surface area contributed by atoms with E-state index < -0.39 is 11.2 Å². The molecule has 0 saturated carbocycles. The lowest BCUT2D eigenvalue weighted by Crippen LogP contribution is -2.24. The molecule has 8 nitrogen and oxygen atoms in total. The number of rotatable bonds is 9. The number of methoxy groups -OCH3 is 5. The highest BCUT2D eigenvalue weighted by atomic mass is 32.2. The van der Waals surface area contributed by atoms with Gasteiger partial charge in [0, 0.05) is 17.0 Å². The molecule has 162 valence electrons. The fraction of sp³-hybridized carbons (Fsp3) is 0.333. The number of thioether (sulfide) groups is 1. The monoisotopic (exact) mass is 435 g/mol. The van der Waals surface area contributed by atoms with E-state index in [0.29, 0.717) is 23.0 Å². The summed E-state index contributed by atoms with van der Waals surface area (Å²) < 4.78 is 25.8. The molecule has 2 aromatic carbocycles. The van der Waals surface area contributed by atoms with Gasteiger partial charge in [-0.15, -0.1) is 11.8 Å². The number of benzene rings is 2. The first-order chi connectivity index (χ1) is 14.4. The SMILES string of the molecule is COC(=O)c1cc(OC)c(OC)cc1NC(=O)C(C)Sc1ccc(OC)c(OC)c1. The number of hydrogen-bond acceptors (Lipinski definition) is 8. The van der Waals surface area contributed by atoms with Gasteiger partial charge in [0.05, 0.1) is 52.0 Å². The summed E-state index contributed by atoms with van der Waals surface area (Å²) in [7, 11) is 7.30. The fourth-order valence-corrected chi connectivity index (χ4v) is 3.54. The third-order valence-corrected chi connectivity index (χ3v) is 5.32. The zero-order valence-electron chi connectivity index (χ0n) is 17.7. The number of anilines is 1. The van der Waals surface area contributed by atoms with E-state index in [4.69, 9.17) is 23.7 Å². The predicted octanol–water partition coefficient (Wildman–Crippen LogP) is 3.63. The van der Waals surface area contributed by atoms with Gasteiger partial charge < -0.3 is 29.0 Å². The number of carbonyl (C=O) groups excluding carboxylic acids is 2. The Morgan fingerprint density at radius 2 is 1.40 bits per heavy atom. The van der Waals surface area contributed by atoms with E-state index >= 15 is 0 Å². The lowest BCUT2D eigenvalue weighted by Gasteiger charge is -2.17. The molecule has 1 N–H and O–H groups in total. The van der Waals surface area contributed by atoms with Gasteiger partial charge in [-0.25, -0.2) is 4.79 Å². The van der Waals surface area contributed by atoms with Crippen LogP contribution in [0.5, 0.6) is 23.0 Å². The summed E-state index contributed by atoms with van der Waals surface area (Å²) in [5.74, 6) is 0.998. The average molecular weight is 435 g/mol. The third kappa shape index (κ3) is 5.29. The molecule has 0 heterocycles. The number of carbonyl (C=O) groups is 2. The van der Waals surface area contributed by atoms with Crippen LogP contribution < -0.4 is 24.3 Å². The van der Waals surface area contributed by atoms with Crippen LogP contribution >= 0.6 is 11.8 Å². The number of amides is 1. The molecule has 9 heteroatoms. The standard InChI is InChI=1S/C21H25NO7S/c1-12(30-13-7-8-16(25-2)17(9-13)26-3)20(23)22-15-11-19(28-5)18(27-4)10-14(15)21(24)29-6/h7-12H,1-6H3,(H,22,23). The van der Waals surface area contributed by atoms with Gasteiger partial charge in [-0.1, -0.05) is 0 Å². The van der Waals surface area contributed by atoms with Crippen molar-refractivity contribution in [1.29, 1.82) is 0 Å². The van der Waals surface area contributed by atoms with Crippen molar-refractivity contribution in [2.45, 2.75) is 17.1 Å². The summed E-state index contributed by atoms with van der Waals surface area (Å²) in [6.45, 7) is 1.76. The van der Waals surface area contributed by atoms with Crippen LogP contribution in [-0.2, 0) is 9.53 Å². The van der Waals surface area contributed by atoms with Gasteiger partial charge >= 0.3 is 5.97 Å². The normalized spacial score (nSPS) is 11.3. The average Bonchev–Trinajstić information content (AvgIpc) is 2.77. The second-order valence-corrected chi connectivity index (χ2v) is 7.42. The van der Waals surface area contributed by atoms with Crippen molar-refractivity contribution < 1.29 is 33.3 Å². The van der Waals surface area contributed by atoms with Gasteiger partial charge in [0.2, 0.25) is 5.91 Å². The van der Waals surface area contributed by atoms with E-state index in [1.165, 1.54) is 45.2 Å². The largest absolute Gasteiger partial charge is 0.493 e. The number of ether oxygens (including phenoxy) is 5. The van der Waals surface area contributed by atoms with Crippen molar-refractivity contribution >= 4 is 29.3 Å². The molecule has 2 aromatic rings. The minimum Gasteiger partial charge on any atom is -0.493 e. The second kappa shape index (κ2) is 10.6. The van der Waals surface area contributed by atoms with Gasteiger partial charge in [0.1, 0.15) is 0 Å². The highest BCUT2D eigenvalue weighted by Crippen LogP contribution is 2.36. The van der Waals surface area contributed by atoms with Crippen LogP contribution in [0.3, 0.4) is 0 Å². The molecule has 0 saturated heterocycles. The quantitative estimate of drug-likeness (QED) is 0.472. The van der Waals surface area contributed by atoms with Crippen LogP contribution in [0, 0.1) is 0 Å². The van der Waals surface area contributed by atoms with Crippen molar-refractivity contribution in [2.24, 2.45) is 0 Å². The second-order valence-electron chi connectivity index (χ2n) is 6.01. The number of nitrogens with one attached hydrogen (secondary N) is 1. The zero-order valence-corrected chi connectivity index (χ0v) is 18.5. The Morgan fingerprint density at radius 3 is 1.97 bits per heavy atom. The van der Waals surface area contributed by atoms with Gasteiger partial charge in [0.25, 0.3) is 0 Å². The summed E-state index contributed by atoms with van der Waals surface area (Å²) in [5, 5.41) is 2.30. The molecule has 0 spiro atoms. The maximum absolute atomic E-state index is 12.8. The van der Waals surface area contributed by atoms with E-state index in [1.807, 2.05) is 6.07 Å². The first-order valence-corrected chi connectivity index (χ1v) is 9.80. The molecule has 0 aliphatic rings. The maximum Gasteiger partial charge on any atom is 0.340 e. The summed E-state index contributed by atoms with van der Waals surface area (Å²) in [6, 6.07) is 8.40. The molecule has 0 fully saturated rings. The smallest absolute Gasteiger partial charge is 0.340 e. The van der Waals surface area contributed by atoms with Crippen molar-refractivity contribution in [3.8, 4) is 23.0 Å². The van der Waals surface area contributed by atoms with Crippen molar-refractivity contribution in [3.63, 3.8) is 0 Å². The highest BCUT2D eigenvalue weighted by Gasteiger charge is 2.22. The molecule has 1 amide bonds. The first-order valence-electron chi connectivity index (χ1n) is 8.92. The molecule has 0 radical (unpaired) electrons. The molecule has 2 rings (SSSR count). The van der Waals surface area contributed by atoms with E-state index in [0.717, 1.165) is 4.90 Å². The molecule has 1 unspecified atom stereocenters. The topological polar surface area (TPSA) is 92.3 Å². The van der Waals surface area contributed by atoms with E-state index in [-0.39, 0.29) is 17.2 Å². The van der Waals surface area contributed by atoms with Crippen LogP contribution in [0.25, 0.3) is 0 Å². The zero-order chi connectivity index (χ0) is 22.3. The molecule has 0 bridgehead atoms. The van der Waals surface area contributed by atoms with Gasteiger partial charge in [-0.05, 0) is 25.1 Å². The molecule has 1 atom stereocenters. The lowest BCUT2D eigenvalue weighted by molar-refractivity contribution is -0.115. The summed E-state index contributed by atoms with van der Waals surface area (Å²) in [5.41, 5.74) is 0.427. The van der Waals surface area contributed by atoms with Gasteiger partial charge in [0.15, 0.2) is 23.0 Å². The predicted molar refractivity (Wildman–Crippen MR) is 114 cm³/mol. The number of esters is 1. The van der Waals surface area contributed by atoms with Crippen LogP contribution in [-0.4, -0.2) is 52.7 Å². The Bertz CT molecular complexity index is 916. The maximum atomic E-state index is 12.8. The highest BCUT2D eigenvalue weighted by molar-refractivity contribution is 8.00. The lowest BCUT2D eigenvalue weighted by atomic mass is 10.1. The van der Waals surface area contributed by atoms with Crippen LogP contribution in [0.15, 0.2) is 35.2 Å². The summed E-state index contributed by atoms with van der Waals surface area (Å²) in [6.07, 6.45) is 0. The molecule has 0 aliphatic carbocycles. The molecular formula is C21H25NO7S. The Morgan fingerprint density at radius 1 is 0.833 bits per heavy atom. The van der Waals surface area contributed by atoms with Crippen LogP contribution in [0.2, 0.25) is 0 Å². The fourth-order valence-electron chi connectivity index (χ4n) is 2.64. The summed E-state index contributed by atoms with van der Waals surface area (Å²) in [4.78, 5) is 25.8. The van der Waals surface area contributed by atoms with E-state index in [2.05, 4.69) is 5.32 Å². The van der Waals surface area contributed by atoms with Crippen LogP contribution in [0.4, 0.5) is 5.69 Å².